The minimum absolute atomic E-state index is 0.331. The fourth-order valence-electron chi connectivity index (χ4n) is 3.40. The quantitative estimate of drug-likeness (QED) is 0.826. The van der Waals surface area contributed by atoms with Gasteiger partial charge in [0.2, 0.25) is 0 Å². The van der Waals surface area contributed by atoms with Crippen molar-refractivity contribution < 1.29 is 4.79 Å². The summed E-state index contributed by atoms with van der Waals surface area (Å²) in [7, 11) is 0. The number of anilines is 2. The minimum Gasteiger partial charge on any atom is -0.372 e. The van der Waals surface area contributed by atoms with Crippen molar-refractivity contribution in [2.45, 2.75) is 45.1 Å². The molecule has 1 atom stereocenters. The number of rotatable bonds is 2. The van der Waals surface area contributed by atoms with Crippen LogP contribution in [0.15, 0.2) is 24.3 Å². The molecule has 3 heteroatoms. The number of ketones is 1. The van der Waals surface area contributed by atoms with Gasteiger partial charge in [-0.05, 0) is 50.5 Å². The van der Waals surface area contributed by atoms with Gasteiger partial charge in [0.05, 0.1) is 0 Å². The Bertz CT molecular complexity index is 462. The highest BCUT2D eigenvalue weighted by Crippen LogP contribution is 2.27. The minimum atomic E-state index is 0.331. The number of hydrogen-bond acceptors (Lipinski definition) is 3. The van der Waals surface area contributed by atoms with E-state index in [-0.39, 0.29) is 0 Å². The molecule has 3 rings (SSSR count). The van der Waals surface area contributed by atoms with Gasteiger partial charge in [0, 0.05) is 49.9 Å². The Morgan fingerprint density at radius 1 is 0.950 bits per heavy atom. The molecule has 2 fully saturated rings. The second-order valence-corrected chi connectivity index (χ2v) is 6.10. The van der Waals surface area contributed by atoms with Crippen LogP contribution in [-0.2, 0) is 4.79 Å². The van der Waals surface area contributed by atoms with Crippen LogP contribution in [0, 0.1) is 0 Å². The lowest BCUT2D eigenvalue weighted by atomic mass is 10.0. The first-order chi connectivity index (χ1) is 9.74. The van der Waals surface area contributed by atoms with E-state index < -0.39 is 0 Å². The predicted molar refractivity (Wildman–Crippen MR) is 83.6 cm³/mol. The summed E-state index contributed by atoms with van der Waals surface area (Å²) in [5.41, 5.74) is 2.60. The maximum absolute atomic E-state index is 11.5. The second kappa shape index (κ2) is 5.86. The van der Waals surface area contributed by atoms with Crippen LogP contribution in [0.4, 0.5) is 11.4 Å². The van der Waals surface area contributed by atoms with Gasteiger partial charge >= 0.3 is 0 Å². The van der Waals surface area contributed by atoms with Gasteiger partial charge in [0.1, 0.15) is 5.78 Å². The lowest BCUT2D eigenvalue weighted by molar-refractivity contribution is -0.120. The summed E-state index contributed by atoms with van der Waals surface area (Å²) in [6.07, 6.45) is 5.38. The largest absolute Gasteiger partial charge is 0.372 e. The SMILES string of the molecule is CC1CC(=O)CCN1c1ccc(N2CCCCC2)cc1. The van der Waals surface area contributed by atoms with Crippen molar-refractivity contribution in [3.05, 3.63) is 24.3 Å². The summed E-state index contributed by atoms with van der Waals surface area (Å²) in [4.78, 5) is 16.3. The van der Waals surface area contributed by atoms with Crippen molar-refractivity contribution in [2.75, 3.05) is 29.4 Å². The molecule has 0 radical (unpaired) electrons. The molecular formula is C17H24N2O. The van der Waals surface area contributed by atoms with Crippen LogP contribution in [0.2, 0.25) is 0 Å². The predicted octanol–water partition coefficient (Wildman–Crippen LogP) is 3.23. The Labute approximate surface area is 121 Å². The third kappa shape index (κ3) is 2.82. The number of piperidine rings is 2. The molecule has 1 unspecified atom stereocenters. The first-order valence-corrected chi connectivity index (χ1v) is 7.87. The average molecular weight is 272 g/mol. The summed E-state index contributed by atoms with van der Waals surface area (Å²) >= 11 is 0. The van der Waals surface area contributed by atoms with Crippen LogP contribution < -0.4 is 9.80 Å². The van der Waals surface area contributed by atoms with Gasteiger partial charge in [-0.15, -0.1) is 0 Å². The van der Waals surface area contributed by atoms with Gasteiger partial charge in [-0.25, -0.2) is 0 Å². The van der Waals surface area contributed by atoms with Crippen LogP contribution in [0.5, 0.6) is 0 Å². The topological polar surface area (TPSA) is 23.6 Å². The van der Waals surface area contributed by atoms with Crippen LogP contribution >= 0.6 is 0 Å². The summed E-state index contributed by atoms with van der Waals surface area (Å²) < 4.78 is 0. The van der Waals surface area contributed by atoms with Gasteiger partial charge in [-0.1, -0.05) is 0 Å². The van der Waals surface area contributed by atoms with Crippen LogP contribution in [0.1, 0.15) is 39.0 Å². The van der Waals surface area contributed by atoms with E-state index in [0.29, 0.717) is 24.7 Å². The van der Waals surface area contributed by atoms with Crippen molar-refractivity contribution in [3.63, 3.8) is 0 Å². The highest BCUT2D eigenvalue weighted by atomic mass is 16.1. The van der Waals surface area contributed by atoms with Crippen molar-refractivity contribution in [1.29, 1.82) is 0 Å². The Kier molecular flexibility index (Phi) is 3.95. The number of hydrogen-bond donors (Lipinski definition) is 0. The molecule has 2 saturated heterocycles. The lowest BCUT2D eigenvalue weighted by Gasteiger charge is -2.35. The van der Waals surface area contributed by atoms with E-state index in [0.717, 1.165) is 6.54 Å². The zero-order valence-corrected chi connectivity index (χ0v) is 12.3. The third-order valence-corrected chi connectivity index (χ3v) is 4.59. The molecule has 0 aromatic heterocycles. The first-order valence-electron chi connectivity index (χ1n) is 7.87. The van der Waals surface area contributed by atoms with Gasteiger partial charge in [-0.3, -0.25) is 4.79 Å². The molecule has 0 bridgehead atoms. The molecule has 0 saturated carbocycles. The van der Waals surface area contributed by atoms with Crippen molar-refractivity contribution >= 4 is 17.2 Å². The first kappa shape index (κ1) is 13.5. The van der Waals surface area contributed by atoms with E-state index in [1.54, 1.807) is 0 Å². The smallest absolute Gasteiger partial charge is 0.136 e. The molecule has 2 aliphatic heterocycles. The van der Waals surface area contributed by atoms with E-state index in [2.05, 4.69) is 41.0 Å². The summed E-state index contributed by atoms with van der Waals surface area (Å²) in [6.45, 7) is 5.39. The van der Waals surface area contributed by atoms with Crippen LogP contribution in [-0.4, -0.2) is 31.5 Å². The Balaban J connectivity index is 1.70. The molecule has 20 heavy (non-hydrogen) atoms. The second-order valence-electron chi connectivity index (χ2n) is 6.10. The molecule has 1 aromatic rings. The molecule has 0 N–H and O–H groups in total. The number of benzene rings is 1. The maximum atomic E-state index is 11.5. The summed E-state index contributed by atoms with van der Waals surface area (Å²) in [6, 6.07) is 9.25. The molecule has 0 aliphatic carbocycles. The Morgan fingerprint density at radius 3 is 2.25 bits per heavy atom. The van der Waals surface area contributed by atoms with Crippen molar-refractivity contribution in [2.24, 2.45) is 0 Å². The number of carbonyl (C=O) groups excluding carboxylic acids is 1. The Morgan fingerprint density at radius 2 is 1.60 bits per heavy atom. The molecule has 2 aliphatic rings. The fourth-order valence-corrected chi connectivity index (χ4v) is 3.40. The monoisotopic (exact) mass is 272 g/mol. The van der Waals surface area contributed by atoms with E-state index in [1.165, 1.54) is 43.7 Å². The van der Waals surface area contributed by atoms with Crippen LogP contribution in [0.3, 0.4) is 0 Å². The molecule has 108 valence electrons. The normalized spacial score (nSPS) is 24.1. The molecule has 0 amide bonds. The van der Waals surface area contributed by atoms with E-state index >= 15 is 0 Å². The molecule has 2 heterocycles. The zero-order valence-electron chi connectivity index (χ0n) is 12.3. The lowest BCUT2D eigenvalue weighted by Crippen LogP contribution is -2.41. The maximum Gasteiger partial charge on any atom is 0.136 e. The van der Waals surface area contributed by atoms with Gasteiger partial charge < -0.3 is 9.80 Å². The molecule has 0 spiro atoms. The molecular weight excluding hydrogens is 248 g/mol. The zero-order chi connectivity index (χ0) is 13.9. The van der Waals surface area contributed by atoms with Crippen molar-refractivity contribution in [3.8, 4) is 0 Å². The van der Waals surface area contributed by atoms with E-state index in [1.807, 2.05) is 0 Å². The summed E-state index contributed by atoms with van der Waals surface area (Å²) in [5, 5.41) is 0. The number of nitrogens with zero attached hydrogens (tertiary/aromatic N) is 2. The highest BCUT2D eigenvalue weighted by Gasteiger charge is 2.23. The summed E-state index contributed by atoms with van der Waals surface area (Å²) in [5.74, 6) is 0.402. The van der Waals surface area contributed by atoms with Gasteiger partial charge in [0.25, 0.3) is 0 Å². The number of Topliss-reactive ketones (excluding diaryl/α,β-unsaturated/α-hetero) is 1. The van der Waals surface area contributed by atoms with Gasteiger partial charge in [0.15, 0.2) is 0 Å². The number of carbonyl (C=O) groups is 1. The van der Waals surface area contributed by atoms with Crippen molar-refractivity contribution in [1.82, 2.24) is 0 Å². The highest BCUT2D eigenvalue weighted by molar-refractivity contribution is 5.81. The average Bonchev–Trinajstić information content (AvgIpc) is 2.48. The van der Waals surface area contributed by atoms with E-state index in [9.17, 15) is 4.79 Å². The Hall–Kier alpha value is -1.51. The van der Waals surface area contributed by atoms with Gasteiger partial charge in [-0.2, -0.15) is 0 Å². The third-order valence-electron chi connectivity index (χ3n) is 4.59. The fraction of sp³-hybridized carbons (Fsp3) is 0.588. The molecule has 1 aromatic carbocycles. The van der Waals surface area contributed by atoms with E-state index in [4.69, 9.17) is 0 Å². The standard InChI is InChI=1S/C17H24N2O/c1-14-13-17(20)9-12-19(14)16-7-5-15(6-8-16)18-10-3-2-4-11-18/h5-8,14H,2-4,9-13H2,1H3. The van der Waals surface area contributed by atoms with Crippen LogP contribution in [0.25, 0.3) is 0 Å². The molecule has 3 nitrogen and oxygen atoms in total.